The fourth-order valence-corrected chi connectivity index (χ4v) is 4.80. The summed E-state index contributed by atoms with van der Waals surface area (Å²) in [4.78, 5) is 24.1. The first kappa shape index (κ1) is 23.0. The van der Waals surface area contributed by atoms with Crippen LogP contribution >= 0.6 is 0 Å². The van der Waals surface area contributed by atoms with Gasteiger partial charge in [-0.25, -0.2) is 0 Å². The minimum atomic E-state index is -4.74. The van der Waals surface area contributed by atoms with Gasteiger partial charge >= 0.3 is 5.97 Å². The average molecular weight is 447 g/mol. The lowest BCUT2D eigenvalue weighted by Gasteiger charge is -2.25. The molecule has 1 atom stereocenters. The highest BCUT2D eigenvalue weighted by molar-refractivity contribution is 7.90. The summed E-state index contributed by atoms with van der Waals surface area (Å²) < 4.78 is 65.5. The molecule has 3 N–H and O–H groups in total. The predicted octanol–water partition coefficient (Wildman–Crippen LogP) is 1.49. The van der Waals surface area contributed by atoms with Gasteiger partial charge in [-0.1, -0.05) is 6.07 Å². The number of hydrogen-bond acceptors (Lipinski definition) is 6. The SMILES string of the molecule is Cc1cc2c(cc1C(=O)N(C)CCCC(=O)O)C(S(=O)(=O)O)CC(S(=O)(=O)O)=C2. The number of carboxylic acid groups (broad SMARTS) is 1. The van der Waals surface area contributed by atoms with Crippen molar-refractivity contribution in [2.75, 3.05) is 13.6 Å². The van der Waals surface area contributed by atoms with E-state index in [0.29, 0.717) is 5.56 Å². The number of allylic oxidation sites excluding steroid dienone is 1. The minimum Gasteiger partial charge on any atom is -0.481 e. The zero-order valence-electron chi connectivity index (χ0n) is 15.7. The summed E-state index contributed by atoms with van der Waals surface area (Å²) in [5.41, 5.74) is 0.738. The standard InChI is InChI=1S/C17H21NO9S2/c1-10-6-11-7-12(28(22,23)24)8-15(29(25,26)27)14(11)9-13(10)17(21)18(2)5-3-4-16(19)20/h6-7,9,15H,3-5,8H2,1-2H3,(H,19,20)(H,22,23,24)(H,25,26,27). The molecule has 10 nitrogen and oxygen atoms in total. The predicted molar refractivity (Wildman–Crippen MR) is 103 cm³/mol. The molecular weight excluding hydrogens is 426 g/mol. The fourth-order valence-electron chi connectivity index (χ4n) is 3.13. The van der Waals surface area contributed by atoms with Gasteiger partial charge in [0.15, 0.2) is 0 Å². The van der Waals surface area contributed by atoms with Crippen molar-refractivity contribution in [2.45, 2.75) is 31.4 Å². The Kier molecular flexibility index (Phi) is 6.52. The van der Waals surface area contributed by atoms with Crippen molar-refractivity contribution in [1.29, 1.82) is 0 Å². The maximum Gasteiger partial charge on any atom is 0.303 e. The largest absolute Gasteiger partial charge is 0.481 e. The van der Waals surface area contributed by atoms with Gasteiger partial charge in [-0.2, -0.15) is 16.8 Å². The third-order valence-electron chi connectivity index (χ3n) is 4.63. The first-order valence-electron chi connectivity index (χ1n) is 8.48. The zero-order valence-corrected chi connectivity index (χ0v) is 17.3. The Labute approximate surface area is 168 Å². The smallest absolute Gasteiger partial charge is 0.303 e. The number of hydrogen-bond donors (Lipinski definition) is 3. The summed E-state index contributed by atoms with van der Waals surface area (Å²) in [6.07, 6.45) is 0.546. The molecule has 0 aliphatic heterocycles. The van der Waals surface area contributed by atoms with Gasteiger partial charge in [0.05, 0.1) is 4.91 Å². The Hall–Kier alpha value is -2.28. The topological polar surface area (TPSA) is 166 Å². The number of aliphatic carboxylic acids is 1. The number of carboxylic acids is 1. The first-order valence-corrected chi connectivity index (χ1v) is 11.4. The van der Waals surface area contributed by atoms with E-state index < -0.39 is 48.7 Å². The van der Waals surface area contributed by atoms with E-state index in [-0.39, 0.29) is 36.1 Å². The molecule has 0 saturated carbocycles. The minimum absolute atomic E-state index is 0.0350. The lowest BCUT2D eigenvalue weighted by Crippen LogP contribution is -2.29. The van der Waals surface area contributed by atoms with Crippen LogP contribution in [-0.2, 0) is 25.0 Å². The molecule has 1 aromatic carbocycles. The molecule has 1 unspecified atom stereocenters. The molecule has 0 heterocycles. The van der Waals surface area contributed by atoms with Crippen molar-refractivity contribution in [1.82, 2.24) is 4.90 Å². The van der Waals surface area contributed by atoms with E-state index in [1.54, 1.807) is 6.92 Å². The Morgan fingerprint density at radius 1 is 1.17 bits per heavy atom. The molecule has 1 aliphatic rings. The van der Waals surface area contributed by atoms with Crippen molar-refractivity contribution >= 4 is 38.2 Å². The number of aryl methyl sites for hydroxylation is 1. The van der Waals surface area contributed by atoms with Gasteiger partial charge in [-0.15, -0.1) is 0 Å². The van der Waals surface area contributed by atoms with E-state index in [4.69, 9.17) is 5.11 Å². The number of carbonyl (C=O) groups is 2. The Balaban J connectivity index is 2.49. The van der Waals surface area contributed by atoms with Crippen LogP contribution in [0, 0.1) is 6.92 Å². The van der Waals surface area contributed by atoms with Gasteiger partial charge in [0, 0.05) is 32.0 Å². The molecule has 0 radical (unpaired) electrons. The van der Waals surface area contributed by atoms with Crippen LogP contribution in [0.4, 0.5) is 0 Å². The molecule has 29 heavy (non-hydrogen) atoms. The van der Waals surface area contributed by atoms with Crippen LogP contribution < -0.4 is 0 Å². The van der Waals surface area contributed by atoms with Crippen LogP contribution in [0.5, 0.6) is 0 Å². The van der Waals surface area contributed by atoms with Crippen LogP contribution in [-0.4, -0.2) is 61.4 Å². The fraction of sp³-hybridized carbons (Fsp3) is 0.412. The van der Waals surface area contributed by atoms with E-state index in [9.17, 15) is 35.5 Å². The Bertz CT molecular complexity index is 1090. The summed E-state index contributed by atoms with van der Waals surface area (Å²) in [6.45, 7) is 1.73. The average Bonchev–Trinajstić information content (AvgIpc) is 2.57. The van der Waals surface area contributed by atoms with Crippen LogP contribution in [0.2, 0.25) is 0 Å². The molecule has 1 aliphatic carbocycles. The number of benzene rings is 1. The highest BCUT2D eigenvalue weighted by atomic mass is 32.2. The maximum absolute atomic E-state index is 12.7. The second-order valence-corrected chi connectivity index (χ2v) is 9.89. The van der Waals surface area contributed by atoms with Crippen molar-refractivity contribution in [2.24, 2.45) is 0 Å². The van der Waals surface area contributed by atoms with Crippen LogP contribution in [0.25, 0.3) is 6.08 Å². The molecule has 0 spiro atoms. The van der Waals surface area contributed by atoms with Gasteiger partial charge in [0.1, 0.15) is 5.25 Å². The molecule has 0 bridgehead atoms. The maximum atomic E-state index is 12.7. The van der Waals surface area contributed by atoms with E-state index in [0.717, 1.165) is 6.08 Å². The second-order valence-electron chi connectivity index (χ2n) is 6.81. The van der Waals surface area contributed by atoms with Gasteiger partial charge in [-0.05, 0) is 42.2 Å². The number of amides is 1. The summed E-state index contributed by atoms with van der Waals surface area (Å²) in [5.74, 6) is -1.47. The third-order valence-corrected chi connectivity index (χ3v) is 6.72. The molecule has 12 heteroatoms. The number of nitrogens with zero attached hydrogens (tertiary/aromatic N) is 1. The first-order chi connectivity index (χ1) is 13.2. The van der Waals surface area contributed by atoms with E-state index >= 15 is 0 Å². The van der Waals surface area contributed by atoms with Gasteiger partial charge in [0.25, 0.3) is 26.1 Å². The lowest BCUT2D eigenvalue weighted by molar-refractivity contribution is -0.137. The molecule has 1 amide bonds. The van der Waals surface area contributed by atoms with Crippen LogP contribution in [0.3, 0.4) is 0 Å². The van der Waals surface area contributed by atoms with Gasteiger partial charge in [0.2, 0.25) is 0 Å². The van der Waals surface area contributed by atoms with E-state index in [2.05, 4.69) is 0 Å². The summed E-state index contributed by atoms with van der Waals surface area (Å²) in [7, 11) is -7.94. The number of fused-ring (bicyclic) bond motifs is 1. The van der Waals surface area contributed by atoms with E-state index in [1.807, 2.05) is 0 Å². The third kappa shape index (κ3) is 5.41. The molecule has 2 rings (SSSR count). The van der Waals surface area contributed by atoms with Crippen molar-refractivity contribution in [3.05, 3.63) is 39.3 Å². The monoisotopic (exact) mass is 447 g/mol. The molecule has 0 fully saturated rings. The zero-order chi connectivity index (χ0) is 22.1. The summed E-state index contributed by atoms with van der Waals surface area (Å²) >= 11 is 0. The summed E-state index contributed by atoms with van der Waals surface area (Å²) in [6, 6.07) is 2.67. The highest BCUT2D eigenvalue weighted by Gasteiger charge is 2.35. The number of carbonyl (C=O) groups excluding carboxylic acids is 1. The molecule has 0 aromatic heterocycles. The van der Waals surface area contributed by atoms with Crippen molar-refractivity contribution in [3.63, 3.8) is 0 Å². The van der Waals surface area contributed by atoms with Crippen molar-refractivity contribution < 1.29 is 40.6 Å². The Morgan fingerprint density at radius 3 is 2.31 bits per heavy atom. The van der Waals surface area contributed by atoms with Gasteiger partial charge in [-0.3, -0.25) is 18.7 Å². The number of rotatable bonds is 7. The van der Waals surface area contributed by atoms with Crippen LogP contribution in [0.15, 0.2) is 17.0 Å². The second kappa shape index (κ2) is 8.22. The highest BCUT2D eigenvalue weighted by Crippen LogP contribution is 2.39. The van der Waals surface area contributed by atoms with Crippen LogP contribution in [0.1, 0.15) is 51.6 Å². The molecule has 160 valence electrons. The lowest BCUT2D eigenvalue weighted by atomic mass is 9.91. The molecular formula is C17H21NO9S2. The molecule has 0 saturated heterocycles. The Morgan fingerprint density at radius 2 is 1.79 bits per heavy atom. The summed E-state index contributed by atoms with van der Waals surface area (Å²) in [5, 5.41) is 7.03. The normalized spacial score (nSPS) is 16.7. The van der Waals surface area contributed by atoms with Gasteiger partial charge < -0.3 is 10.0 Å². The van der Waals surface area contributed by atoms with Crippen molar-refractivity contribution in [3.8, 4) is 0 Å². The quantitative estimate of drug-likeness (QED) is 0.525. The van der Waals surface area contributed by atoms with E-state index in [1.165, 1.54) is 24.1 Å². The molecule has 1 aromatic rings.